The highest BCUT2D eigenvalue weighted by Crippen LogP contribution is 2.15. The number of nitrogens with one attached hydrogen (secondary N) is 1. The van der Waals surface area contributed by atoms with Crippen molar-refractivity contribution in [2.45, 2.75) is 6.92 Å². The summed E-state index contributed by atoms with van der Waals surface area (Å²) in [4.78, 5) is 11.9. The Kier molecular flexibility index (Phi) is 4.73. The minimum absolute atomic E-state index is 0.224. The molecule has 2 aromatic rings. The van der Waals surface area contributed by atoms with Crippen molar-refractivity contribution in [3.8, 4) is 5.69 Å². The van der Waals surface area contributed by atoms with Gasteiger partial charge in [-0.2, -0.15) is 5.10 Å². The SMILES string of the molecule is CCOCCNC(=O)c1ccn(-c2ccccc2N)n1. The minimum atomic E-state index is -0.224. The molecule has 0 aliphatic carbocycles. The van der Waals surface area contributed by atoms with Gasteiger partial charge in [0.15, 0.2) is 5.69 Å². The van der Waals surface area contributed by atoms with E-state index in [2.05, 4.69) is 10.4 Å². The zero-order valence-electron chi connectivity index (χ0n) is 11.4. The maximum absolute atomic E-state index is 11.9. The Balaban J connectivity index is 2.02. The molecule has 0 aliphatic heterocycles. The second-order valence-corrected chi connectivity index (χ2v) is 4.16. The van der Waals surface area contributed by atoms with Gasteiger partial charge < -0.3 is 15.8 Å². The molecule has 0 atom stereocenters. The van der Waals surface area contributed by atoms with Crippen LogP contribution in [0.1, 0.15) is 17.4 Å². The van der Waals surface area contributed by atoms with Gasteiger partial charge in [-0.05, 0) is 25.1 Å². The molecule has 0 saturated carbocycles. The molecule has 20 heavy (non-hydrogen) atoms. The van der Waals surface area contributed by atoms with Crippen molar-refractivity contribution in [1.82, 2.24) is 15.1 Å². The zero-order valence-corrected chi connectivity index (χ0v) is 11.4. The Morgan fingerprint density at radius 2 is 2.20 bits per heavy atom. The number of para-hydroxylation sites is 2. The van der Waals surface area contributed by atoms with E-state index in [4.69, 9.17) is 10.5 Å². The van der Waals surface area contributed by atoms with E-state index in [-0.39, 0.29) is 5.91 Å². The van der Waals surface area contributed by atoms with Crippen LogP contribution in [0.15, 0.2) is 36.5 Å². The summed E-state index contributed by atoms with van der Waals surface area (Å²) in [6.45, 7) is 3.51. The fraction of sp³-hybridized carbons (Fsp3) is 0.286. The lowest BCUT2D eigenvalue weighted by Crippen LogP contribution is -2.27. The number of hydrogen-bond acceptors (Lipinski definition) is 4. The van der Waals surface area contributed by atoms with Crippen LogP contribution in [0.5, 0.6) is 0 Å². The van der Waals surface area contributed by atoms with Crippen LogP contribution < -0.4 is 11.1 Å². The lowest BCUT2D eigenvalue weighted by Gasteiger charge is -2.05. The molecule has 1 amide bonds. The number of ether oxygens (including phenoxy) is 1. The van der Waals surface area contributed by atoms with Gasteiger partial charge in [-0.15, -0.1) is 0 Å². The molecule has 1 aromatic heterocycles. The van der Waals surface area contributed by atoms with Gasteiger partial charge in [0.05, 0.1) is 18.0 Å². The average molecular weight is 274 g/mol. The summed E-state index contributed by atoms with van der Waals surface area (Å²) in [5.74, 6) is -0.224. The van der Waals surface area contributed by atoms with Crippen molar-refractivity contribution >= 4 is 11.6 Å². The Hall–Kier alpha value is -2.34. The molecule has 1 heterocycles. The van der Waals surface area contributed by atoms with E-state index in [1.54, 1.807) is 23.0 Å². The van der Waals surface area contributed by atoms with Crippen LogP contribution in [0.25, 0.3) is 5.69 Å². The van der Waals surface area contributed by atoms with E-state index >= 15 is 0 Å². The number of hydrogen-bond donors (Lipinski definition) is 2. The molecule has 6 nitrogen and oxygen atoms in total. The lowest BCUT2D eigenvalue weighted by atomic mass is 10.3. The van der Waals surface area contributed by atoms with Crippen molar-refractivity contribution in [3.05, 3.63) is 42.2 Å². The molecule has 0 fully saturated rings. The van der Waals surface area contributed by atoms with Gasteiger partial charge in [0.2, 0.25) is 0 Å². The lowest BCUT2D eigenvalue weighted by molar-refractivity contribution is 0.0917. The Morgan fingerprint density at radius 1 is 1.40 bits per heavy atom. The Morgan fingerprint density at radius 3 is 2.95 bits per heavy atom. The molecule has 6 heteroatoms. The van der Waals surface area contributed by atoms with E-state index in [0.29, 0.717) is 31.1 Å². The topological polar surface area (TPSA) is 82.2 Å². The monoisotopic (exact) mass is 274 g/mol. The highest BCUT2D eigenvalue weighted by Gasteiger charge is 2.10. The van der Waals surface area contributed by atoms with Crippen molar-refractivity contribution in [1.29, 1.82) is 0 Å². The summed E-state index contributed by atoms with van der Waals surface area (Å²) >= 11 is 0. The van der Waals surface area contributed by atoms with E-state index in [1.807, 2.05) is 25.1 Å². The van der Waals surface area contributed by atoms with Gasteiger partial charge >= 0.3 is 0 Å². The van der Waals surface area contributed by atoms with E-state index in [1.165, 1.54) is 0 Å². The van der Waals surface area contributed by atoms with Crippen LogP contribution in [0, 0.1) is 0 Å². The summed E-state index contributed by atoms with van der Waals surface area (Å²) in [6, 6.07) is 9.01. The molecule has 0 bridgehead atoms. The quantitative estimate of drug-likeness (QED) is 0.613. The summed E-state index contributed by atoms with van der Waals surface area (Å²) in [5, 5.41) is 6.97. The van der Waals surface area contributed by atoms with Crippen molar-refractivity contribution in [3.63, 3.8) is 0 Å². The average Bonchev–Trinajstić information content (AvgIpc) is 2.93. The number of nitrogen functional groups attached to an aromatic ring is 1. The van der Waals surface area contributed by atoms with Crippen molar-refractivity contribution in [2.75, 3.05) is 25.5 Å². The number of anilines is 1. The number of carbonyl (C=O) groups is 1. The molecular weight excluding hydrogens is 256 g/mol. The normalized spacial score (nSPS) is 10.4. The van der Waals surface area contributed by atoms with Gasteiger partial charge in [-0.25, -0.2) is 4.68 Å². The number of carbonyl (C=O) groups excluding carboxylic acids is 1. The number of rotatable bonds is 6. The number of nitrogens with zero attached hydrogens (tertiary/aromatic N) is 2. The first-order valence-corrected chi connectivity index (χ1v) is 6.49. The molecule has 0 radical (unpaired) electrons. The van der Waals surface area contributed by atoms with Crippen LogP contribution in [-0.2, 0) is 4.74 Å². The predicted molar refractivity (Wildman–Crippen MR) is 76.8 cm³/mol. The second-order valence-electron chi connectivity index (χ2n) is 4.16. The third-order valence-electron chi connectivity index (χ3n) is 2.74. The van der Waals surface area contributed by atoms with Crippen LogP contribution in [-0.4, -0.2) is 35.4 Å². The fourth-order valence-electron chi connectivity index (χ4n) is 1.75. The van der Waals surface area contributed by atoms with E-state index < -0.39 is 0 Å². The third kappa shape index (κ3) is 3.36. The highest BCUT2D eigenvalue weighted by molar-refractivity contribution is 5.92. The molecule has 0 saturated heterocycles. The smallest absolute Gasteiger partial charge is 0.271 e. The summed E-state index contributed by atoms with van der Waals surface area (Å²) in [6.07, 6.45) is 1.71. The van der Waals surface area contributed by atoms with Gasteiger partial charge in [-0.3, -0.25) is 4.79 Å². The Labute approximate surface area is 117 Å². The fourth-order valence-corrected chi connectivity index (χ4v) is 1.75. The maximum Gasteiger partial charge on any atom is 0.271 e. The maximum atomic E-state index is 11.9. The van der Waals surface area contributed by atoms with E-state index in [9.17, 15) is 4.79 Å². The molecule has 3 N–H and O–H groups in total. The van der Waals surface area contributed by atoms with Gasteiger partial charge in [-0.1, -0.05) is 12.1 Å². The molecule has 0 aliphatic rings. The largest absolute Gasteiger partial charge is 0.397 e. The number of amides is 1. The van der Waals surface area contributed by atoms with Crippen molar-refractivity contribution < 1.29 is 9.53 Å². The number of benzene rings is 1. The number of nitrogens with two attached hydrogens (primary N) is 1. The van der Waals surface area contributed by atoms with Gasteiger partial charge in [0, 0.05) is 19.3 Å². The Bertz CT molecular complexity index is 580. The molecule has 0 spiro atoms. The van der Waals surface area contributed by atoms with Crippen molar-refractivity contribution in [2.24, 2.45) is 0 Å². The molecule has 106 valence electrons. The molecular formula is C14H18N4O2. The van der Waals surface area contributed by atoms with E-state index in [0.717, 1.165) is 5.69 Å². The van der Waals surface area contributed by atoms with Gasteiger partial charge in [0.25, 0.3) is 5.91 Å². The first-order chi connectivity index (χ1) is 9.72. The molecule has 0 unspecified atom stereocenters. The van der Waals surface area contributed by atoms with Crippen LogP contribution in [0.3, 0.4) is 0 Å². The summed E-state index contributed by atoms with van der Waals surface area (Å²) < 4.78 is 6.74. The molecule has 2 rings (SSSR count). The van der Waals surface area contributed by atoms with Gasteiger partial charge in [0.1, 0.15) is 0 Å². The summed E-state index contributed by atoms with van der Waals surface area (Å²) in [5.41, 5.74) is 7.59. The van der Waals surface area contributed by atoms with Crippen LogP contribution >= 0.6 is 0 Å². The second kappa shape index (κ2) is 6.72. The van der Waals surface area contributed by atoms with Crippen LogP contribution in [0.2, 0.25) is 0 Å². The minimum Gasteiger partial charge on any atom is -0.397 e. The predicted octanol–water partition coefficient (Wildman–Crippen LogP) is 1.22. The first-order valence-electron chi connectivity index (χ1n) is 6.49. The third-order valence-corrected chi connectivity index (χ3v) is 2.74. The highest BCUT2D eigenvalue weighted by atomic mass is 16.5. The zero-order chi connectivity index (χ0) is 14.4. The molecule has 1 aromatic carbocycles. The van der Waals surface area contributed by atoms with Crippen LogP contribution in [0.4, 0.5) is 5.69 Å². The summed E-state index contributed by atoms with van der Waals surface area (Å²) in [7, 11) is 0. The standard InChI is InChI=1S/C14H18N4O2/c1-2-20-10-8-16-14(19)12-7-9-18(17-12)13-6-4-3-5-11(13)15/h3-7,9H,2,8,10,15H2,1H3,(H,16,19). The first kappa shape index (κ1) is 14.1. The number of aromatic nitrogens is 2.